The Morgan fingerprint density at radius 1 is 1.62 bits per heavy atom. The first-order valence-corrected chi connectivity index (χ1v) is 4.67. The summed E-state index contributed by atoms with van der Waals surface area (Å²) in [6.45, 7) is 4.99. The molecule has 0 amide bonds. The fourth-order valence-corrected chi connectivity index (χ4v) is 1.67. The second-order valence-electron chi connectivity index (χ2n) is 3.84. The molecule has 0 spiro atoms. The van der Waals surface area contributed by atoms with Crippen LogP contribution in [-0.4, -0.2) is 46.3 Å². The van der Waals surface area contributed by atoms with Gasteiger partial charge in [0, 0.05) is 13.1 Å². The molecule has 1 aliphatic rings. The van der Waals surface area contributed by atoms with Gasteiger partial charge in [0.15, 0.2) is 0 Å². The molecule has 1 heterocycles. The number of rotatable bonds is 2. The maximum absolute atomic E-state index is 10.7. The van der Waals surface area contributed by atoms with E-state index in [0.29, 0.717) is 19.5 Å². The van der Waals surface area contributed by atoms with E-state index >= 15 is 0 Å². The molecule has 1 fully saturated rings. The Morgan fingerprint density at radius 2 is 2.23 bits per heavy atom. The summed E-state index contributed by atoms with van der Waals surface area (Å²) in [7, 11) is 0. The minimum Gasteiger partial charge on any atom is -0.480 e. The maximum atomic E-state index is 10.7. The van der Waals surface area contributed by atoms with E-state index in [9.17, 15) is 9.90 Å². The van der Waals surface area contributed by atoms with Crippen LogP contribution in [-0.2, 0) is 4.79 Å². The van der Waals surface area contributed by atoms with Crippen molar-refractivity contribution in [3.05, 3.63) is 0 Å². The van der Waals surface area contributed by atoms with Crippen LogP contribution in [0.3, 0.4) is 0 Å². The molecule has 0 radical (unpaired) electrons. The van der Waals surface area contributed by atoms with Gasteiger partial charge in [-0.25, -0.2) is 0 Å². The number of aliphatic hydroxyl groups excluding tert-OH is 1. The second kappa shape index (κ2) is 4.07. The van der Waals surface area contributed by atoms with Crippen LogP contribution in [0.15, 0.2) is 0 Å². The highest BCUT2D eigenvalue weighted by Crippen LogP contribution is 2.18. The molecule has 0 aromatic heterocycles. The van der Waals surface area contributed by atoms with Gasteiger partial charge in [0.1, 0.15) is 6.04 Å². The van der Waals surface area contributed by atoms with E-state index < -0.39 is 12.0 Å². The highest BCUT2D eigenvalue weighted by molar-refractivity contribution is 5.72. The average Bonchev–Trinajstić information content (AvgIpc) is 2.08. The largest absolute Gasteiger partial charge is 0.480 e. The zero-order valence-electron chi connectivity index (χ0n) is 8.10. The molecule has 76 valence electrons. The van der Waals surface area contributed by atoms with Crippen molar-refractivity contribution >= 4 is 5.97 Å². The van der Waals surface area contributed by atoms with Crippen molar-refractivity contribution in [3.8, 4) is 0 Å². The normalized spacial score (nSPS) is 32.8. The third-order valence-electron chi connectivity index (χ3n) is 2.80. The molecule has 0 aromatic carbocycles. The molecule has 1 aliphatic heterocycles. The van der Waals surface area contributed by atoms with Crippen molar-refractivity contribution in [1.82, 2.24) is 4.90 Å². The van der Waals surface area contributed by atoms with Gasteiger partial charge >= 0.3 is 5.97 Å². The number of carbonyl (C=O) groups is 1. The lowest BCUT2D eigenvalue weighted by atomic mass is 9.96. The van der Waals surface area contributed by atoms with Gasteiger partial charge in [-0.05, 0) is 19.3 Å². The predicted octanol–water partition coefficient (Wildman–Crippen LogP) is 0.162. The van der Waals surface area contributed by atoms with Crippen LogP contribution >= 0.6 is 0 Å². The van der Waals surface area contributed by atoms with Crippen molar-refractivity contribution in [3.63, 3.8) is 0 Å². The second-order valence-corrected chi connectivity index (χ2v) is 3.84. The third kappa shape index (κ3) is 2.42. The Morgan fingerprint density at radius 3 is 2.69 bits per heavy atom. The van der Waals surface area contributed by atoms with Crippen LogP contribution in [0.5, 0.6) is 0 Å². The molecule has 0 aromatic rings. The first kappa shape index (κ1) is 10.5. The van der Waals surface area contributed by atoms with Gasteiger partial charge in [0.25, 0.3) is 0 Å². The van der Waals surface area contributed by atoms with Crippen molar-refractivity contribution in [1.29, 1.82) is 0 Å². The first-order valence-electron chi connectivity index (χ1n) is 4.67. The van der Waals surface area contributed by atoms with Crippen molar-refractivity contribution in [2.45, 2.75) is 32.4 Å². The lowest BCUT2D eigenvalue weighted by Crippen LogP contribution is -2.48. The summed E-state index contributed by atoms with van der Waals surface area (Å²) in [4.78, 5) is 12.6. The van der Waals surface area contributed by atoms with E-state index in [4.69, 9.17) is 5.11 Å². The molecule has 1 rings (SSSR count). The van der Waals surface area contributed by atoms with Crippen molar-refractivity contribution in [2.75, 3.05) is 13.1 Å². The predicted molar refractivity (Wildman–Crippen MR) is 48.5 cm³/mol. The number of hydrogen-bond donors (Lipinski definition) is 2. The molecule has 13 heavy (non-hydrogen) atoms. The van der Waals surface area contributed by atoms with E-state index in [1.807, 2.05) is 11.8 Å². The number of piperidine rings is 1. The number of carboxylic acid groups (broad SMARTS) is 1. The quantitative estimate of drug-likeness (QED) is 0.646. The lowest BCUT2D eigenvalue weighted by molar-refractivity contribution is -0.144. The van der Waals surface area contributed by atoms with Crippen LogP contribution < -0.4 is 0 Å². The van der Waals surface area contributed by atoms with Crippen molar-refractivity contribution in [2.24, 2.45) is 5.92 Å². The summed E-state index contributed by atoms with van der Waals surface area (Å²) in [5.74, 6) is -0.612. The average molecular weight is 187 g/mol. The fraction of sp³-hybridized carbons (Fsp3) is 0.889. The Balaban J connectivity index is 2.50. The van der Waals surface area contributed by atoms with E-state index in [1.165, 1.54) is 0 Å². The molecule has 4 heteroatoms. The summed E-state index contributed by atoms with van der Waals surface area (Å²) in [5, 5.41) is 18.2. The summed E-state index contributed by atoms with van der Waals surface area (Å²) < 4.78 is 0. The van der Waals surface area contributed by atoms with Gasteiger partial charge in [0.2, 0.25) is 0 Å². The van der Waals surface area contributed by atoms with Gasteiger partial charge in [-0.1, -0.05) is 6.92 Å². The topological polar surface area (TPSA) is 60.8 Å². The van der Waals surface area contributed by atoms with Crippen LogP contribution in [0.4, 0.5) is 0 Å². The van der Waals surface area contributed by atoms with Gasteiger partial charge in [0.05, 0.1) is 6.10 Å². The number of hydrogen-bond acceptors (Lipinski definition) is 3. The van der Waals surface area contributed by atoms with Crippen LogP contribution in [0.1, 0.15) is 20.3 Å². The highest BCUT2D eigenvalue weighted by Gasteiger charge is 2.29. The van der Waals surface area contributed by atoms with E-state index in [1.54, 1.807) is 6.92 Å². The standard InChI is InChI=1S/C9H17NO3/c1-6-5-10(4-3-8(6)11)7(2)9(12)13/h6-8,11H,3-5H2,1-2H3,(H,12,13)/t6-,7+,8-/m1/s1. The zero-order valence-corrected chi connectivity index (χ0v) is 8.10. The molecule has 4 nitrogen and oxygen atoms in total. The summed E-state index contributed by atoms with van der Waals surface area (Å²) in [6.07, 6.45) is 0.413. The minimum absolute atomic E-state index is 0.176. The Hall–Kier alpha value is -0.610. The van der Waals surface area contributed by atoms with Crippen LogP contribution in [0.2, 0.25) is 0 Å². The molecule has 0 saturated carbocycles. The smallest absolute Gasteiger partial charge is 0.320 e. The van der Waals surface area contributed by atoms with Crippen LogP contribution in [0, 0.1) is 5.92 Å². The number of likely N-dealkylation sites (tertiary alicyclic amines) is 1. The van der Waals surface area contributed by atoms with Gasteiger partial charge in [-0.15, -0.1) is 0 Å². The van der Waals surface area contributed by atoms with Crippen molar-refractivity contribution < 1.29 is 15.0 Å². The van der Waals surface area contributed by atoms with E-state index in [-0.39, 0.29) is 12.0 Å². The number of nitrogens with zero attached hydrogens (tertiary/aromatic N) is 1. The lowest BCUT2D eigenvalue weighted by Gasteiger charge is -2.36. The minimum atomic E-state index is -0.788. The first-order chi connectivity index (χ1) is 6.02. The SMILES string of the molecule is C[C@@H]1CN([C@@H](C)C(=O)O)CC[C@H]1O. The highest BCUT2D eigenvalue weighted by atomic mass is 16.4. The van der Waals surface area contributed by atoms with Gasteiger partial charge in [-0.2, -0.15) is 0 Å². The zero-order chi connectivity index (χ0) is 10.0. The Kier molecular flexibility index (Phi) is 3.27. The molecule has 0 aliphatic carbocycles. The molecule has 1 saturated heterocycles. The summed E-state index contributed by atoms with van der Waals surface area (Å²) in [6, 6.07) is -0.435. The Labute approximate surface area is 78.2 Å². The monoisotopic (exact) mass is 187 g/mol. The molecular weight excluding hydrogens is 170 g/mol. The summed E-state index contributed by atoms with van der Waals surface area (Å²) >= 11 is 0. The van der Waals surface area contributed by atoms with Gasteiger partial charge < -0.3 is 10.2 Å². The van der Waals surface area contributed by atoms with Gasteiger partial charge in [-0.3, -0.25) is 9.69 Å². The number of aliphatic hydroxyl groups is 1. The molecule has 0 bridgehead atoms. The third-order valence-corrected chi connectivity index (χ3v) is 2.80. The van der Waals surface area contributed by atoms with E-state index in [2.05, 4.69) is 0 Å². The Bertz CT molecular complexity index is 195. The molecular formula is C9H17NO3. The maximum Gasteiger partial charge on any atom is 0.320 e. The van der Waals surface area contributed by atoms with Crippen LogP contribution in [0.25, 0.3) is 0 Å². The fourth-order valence-electron chi connectivity index (χ4n) is 1.67. The van der Waals surface area contributed by atoms with E-state index in [0.717, 1.165) is 0 Å². The number of aliphatic carboxylic acids is 1. The molecule has 2 N–H and O–H groups in total. The molecule has 0 unspecified atom stereocenters. The number of carboxylic acids is 1. The summed E-state index contributed by atoms with van der Waals surface area (Å²) in [5.41, 5.74) is 0. The molecule has 3 atom stereocenters.